The standard InChI is InChI=1S/C20H28N2O2/c1-15-11-19(16(2)24-15)13-21-12-17-3-5-20(6-4-17)22-9-7-18(14-23)8-10-22/h3-6,11,18,21,23H,7-10,12-14H2,1-2H3. The average molecular weight is 328 g/mol. The molecule has 0 atom stereocenters. The van der Waals surface area contributed by atoms with Gasteiger partial charge in [0.05, 0.1) is 0 Å². The van der Waals surface area contributed by atoms with Crippen molar-refractivity contribution in [2.45, 2.75) is 39.8 Å². The summed E-state index contributed by atoms with van der Waals surface area (Å²) in [6.07, 6.45) is 2.17. The van der Waals surface area contributed by atoms with Crippen molar-refractivity contribution < 1.29 is 9.52 Å². The first kappa shape index (κ1) is 17.1. The lowest BCUT2D eigenvalue weighted by atomic mass is 9.97. The molecular formula is C20H28N2O2. The molecule has 0 spiro atoms. The third-order valence-electron chi connectivity index (χ3n) is 4.96. The van der Waals surface area contributed by atoms with Crippen LogP contribution in [0.3, 0.4) is 0 Å². The van der Waals surface area contributed by atoms with Crippen LogP contribution in [0.4, 0.5) is 5.69 Å². The predicted octanol–water partition coefficient (Wildman–Crippen LogP) is 3.39. The molecule has 0 aliphatic carbocycles. The Bertz CT molecular complexity index is 640. The van der Waals surface area contributed by atoms with Gasteiger partial charge in [0.15, 0.2) is 0 Å². The monoisotopic (exact) mass is 328 g/mol. The maximum atomic E-state index is 9.24. The molecular weight excluding hydrogens is 300 g/mol. The number of rotatable bonds is 6. The molecule has 3 rings (SSSR count). The van der Waals surface area contributed by atoms with Gasteiger partial charge in [0.25, 0.3) is 0 Å². The van der Waals surface area contributed by atoms with Gasteiger partial charge in [-0.25, -0.2) is 0 Å². The largest absolute Gasteiger partial charge is 0.466 e. The van der Waals surface area contributed by atoms with E-state index in [1.54, 1.807) is 0 Å². The smallest absolute Gasteiger partial charge is 0.105 e. The van der Waals surface area contributed by atoms with Crippen molar-refractivity contribution in [3.8, 4) is 0 Å². The van der Waals surface area contributed by atoms with Crippen LogP contribution in [0.1, 0.15) is 35.5 Å². The van der Waals surface area contributed by atoms with Crippen LogP contribution in [0.5, 0.6) is 0 Å². The number of piperidine rings is 1. The highest BCUT2D eigenvalue weighted by molar-refractivity contribution is 5.48. The second kappa shape index (κ2) is 7.86. The second-order valence-corrected chi connectivity index (χ2v) is 6.82. The summed E-state index contributed by atoms with van der Waals surface area (Å²) in [6.45, 7) is 8.10. The maximum absolute atomic E-state index is 9.24. The quantitative estimate of drug-likeness (QED) is 0.853. The minimum absolute atomic E-state index is 0.327. The van der Waals surface area contributed by atoms with E-state index in [9.17, 15) is 5.11 Å². The number of aryl methyl sites for hydroxylation is 2. The first-order valence-electron chi connectivity index (χ1n) is 8.87. The van der Waals surface area contributed by atoms with Crippen LogP contribution in [0, 0.1) is 19.8 Å². The first-order chi connectivity index (χ1) is 11.7. The van der Waals surface area contributed by atoms with Crippen molar-refractivity contribution in [3.05, 3.63) is 53.0 Å². The Labute approximate surface area is 144 Å². The van der Waals surface area contributed by atoms with Crippen molar-refractivity contribution in [3.63, 3.8) is 0 Å². The molecule has 0 amide bonds. The molecule has 24 heavy (non-hydrogen) atoms. The van der Waals surface area contributed by atoms with Gasteiger partial charge in [-0.15, -0.1) is 0 Å². The van der Waals surface area contributed by atoms with E-state index < -0.39 is 0 Å². The summed E-state index contributed by atoms with van der Waals surface area (Å²) < 4.78 is 5.55. The summed E-state index contributed by atoms with van der Waals surface area (Å²) >= 11 is 0. The zero-order valence-electron chi connectivity index (χ0n) is 14.7. The van der Waals surface area contributed by atoms with E-state index in [0.29, 0.717) is 12.5 Å². The Balaban J connectivity index is 1.49. The number of hydrogen-bond acceptors (Lipinski definition) is 4. The highest BCUT2D eigenvalue weighted by Crippen LogP contribution is 2.23. The predicted molar refractivity (Wildman–Crippen MR) is 97.2 cm³/mol. The van der Waals surface area contributed by atoms with E-state index in [1.807, 2.05) is 13.8 Å². The van der Waals surface area contributed by atoms with E-state index in [0.717, 1.165) is 50.5 Å². The van der Waals surface area contributed by atoms with E-state index in [2.05, 4.69) is 40.5 Å². The van der Waals surface area contributed by atoms with Crippen molar-refractivity contribution in [1.29, 1.82) is 0 Å². The molecule has 1 fully saturated rings. The molecule has 1 aliphatic heterocycles. The van der Waals surface area contributed by atoms with Crippen LogP contribution in [0.2, 0.25) is 0 Å². The Morgan fingerprint density at radius 2 is 1.83 bits per heavy atom. The number of nitrogens with one attached hydrogen (secondary N) is 1. The summed E-state index contributed by atoms with van der Waals surface area (Å²) in [6, 6.07) is 10.9. The lowest BCUT2D eigenvalue weighted by Gasteiger charge is -2.33. The summed E-state index contributed by atoms with van der Waals surface area (Å²) in [5, 5.41) is 12.7. The normalized spacial score (nSPS) is 15.9. The lowest BCUT2D eigenvalue weighted by Crippen LogP contribution is -2.34. The Hall–Kier alpha value is -1.78. The molecule has 2 heterocycles. The Morgan fingerprint density at radius 1 is 1.12 bits per heavy atom. The fourth-order valence-electron chi connectivity index (χ4n) is 3.40. The topological polar surface area (TPSA) is 48.6 Å². The minimum atomic E-state index is 0.327. The van der Waals surface area contributed by atoms with Gasteiger partial charge >= 0.3 is 0 Å². The Morgan fingerprint density at radius 3 is 2.42 bits per heavy atom. The summed E-state index contributed by atoms with van der Waals surface area (Å²) in [5.74, 6) is 2.46. The van der Waals surface area contributed by atoms with Crippen LogP contribution < -0.4 is 10.2 Å². The second-order valence-electron chi connectivity index (χ2n) is 6.82. The molecule has 0 bridgehead atoms. The van der Waals surface area contributed by atoms with Gasteiger partial charge in [-0.2, -0.15) is 0 Å². The molecule has 4 nitrogen and oxygen atoms in total. The molecule has 0 unspecified atom stereocenters. The van der Waals surface area contributed by atoms with Crippen molar-refractivity contribution >= 4 is 5.69 Å². The minimum Gasteiger partial charge on any atom is -0.466 e. The van der Waals surface area contributed by atoms with Gasteiger partial charge in [0.2, 0.25) is 0 Å². The van der Waals surface area contributed by atoms with Crippen molar-refractivity contribution in [2.24, 2.45) is 5.92 Å². The molecule has 130 valence electrons. The van der Waals surface area contributed by atoms with Crippen LogP contribution in [0.25, 0.3) is 0 Å². The molecule has 1 aromatic carbocycles. The maximum Gasteiger partial charge on any atom is 0.105 e. The van der Waals surface area contributed by atoms with Gasteiger partial charge < -0.3 is 19.7 Å². The fourth-order valence-corrected chi connectivity index (χ4v) is 3.40. The number of hydrogen-bond donors (Lipinski definition) is 2. The van der Waals surface area contributed by atoms with Crippen LogP contribution in [-0.2, 0) is 13.1 Å². The SMILES string of the molecule is Cc1cc(CNCc2ccc(N3CCC(CO)CC3)cc2)c(C)o1. The van der Waals surface area contributed by atoms with Crippen LogP contribution in [-0.4, -0.2) is 24.8 Å². The van der Waals surface area contributed by atoms with E-state index in [4.69, 9.17) is 4.42 Å². The molecule has 1 saturated heterocycles. The van der Waals surface area contributed by atoms with E-state index in [-0.39, 0.29) is 0 Å². The molecule has 0 saturated carbocycles. The van der Waals surface area contributed by atoms with Crippen molar-refractivity contribution in [2.75, 3.05) is 24.6 Å². The van der Waals surface area contributed by atoms with Gasteiger partial charge in [-0.1, -0.05) is 12.1 Å². The van der Waals surface area contributed by atoms with Gasteiger partial charge in [-0.3, -0.25) is 0 Å². The number of aliphatic hydroxyl groups excluding tert-OH is 1. The summed E-state index contributed by atoms with van der Waals surface area (Å²) in [5.41, 5.74) is 3.81. The van der Waals surface area contributed by atoms with Gasteiger partial charge in [-0.05, 0) is 56.4 Å². The number of nitrogens with zero attached hydrogens (tertiary/aromatic N) is 1. The number of furan rings is 1. The number of anilines is 1. The molecule has 1 aliphatic rings. The molecule has 4 heteroatoms. The Kier molecular flexibility index (Phi) is 5.59. The van der Waals surface area contributed by atoms with Gasteiger partial charge in [0, 0.05) is 44.0 Å². The number of benzene rings is 1. The highest BCUT2D eigenvalue weighted by Gasteiger charge is 2.18. The lowest BCUT2D eigenvalue weighted by molar-refractivity contribution is 0.203. The van der Waals surface area contributed by atoms with E-state index in [1.165, 1.54) is 16.8 Å². The van der Waals surface area contributed by atoms with Crippen LogP contribution in [0.15, 0.2) is 34.7 Å². The van der Waals surface area contributed by atoms with Gasteiger partial charge in [0.1, 0.15) is 11.5 Å². The zero-order chi connectivity index (χ0) is 16.9. The highest BCUT2D eigenvalue weighted by atomic mass is 16.3. The number of aliphatic hydroxyl groups is 1. The zero-order valence-corrected chi connectivity index (χ0v) is 14.7. The summed E-state index contributed by atoms with van der Waals surface area (Å²) in [4.78, 5) is 2.42. The van der Waals surface area contributed by atoms with Crippen LogP contribution >= 0.6 is 0 Å². The fraction of sp³-hybridized carbons (Fsp3) is 0.500. The summed E-state index contributed by atoms with van der Waals surface area (Å²) in [7, 11) is 0. The average Bonchev–Trinajstić information content (AvgIpc) is 2.93. The third kappa shape index (κ3) is 4.19. The van der Waals surface area contributed by atoms with E-state index >= 15 is 0 Å². The molecule has 1 aromatic heterocycles. The first-order valence-corrected chi connectivity index (χ1v) is 8.87. The third-order valence-corrected chi connectivity index (χ3v) is 4.96. The molecule has 2 aromatic rings. The molecule has 2 N–H and O–H groups in total. The van der Waals surface area contributed by atoms with Crippen molar-refractivity contribution in [1.82, 2.24) is 5.32 Å². The molecule has 0 radical (unpaired) electrons.